The predicted molar refractivity (Wildman–Crippen MR) is 214 cm³/mol. The fourth-order valence-corrected chi connectivity index (χ4v) is 7.30. The monoisotopic (exact) mass is 772 g/mol. The fourth-order valence-electron chi connectivity index (χ4n) is 6.59. The lowest BCUT2D eigenvalue weighted by molar-refractivity contribution is 0.102. The van der Waals surface area contributed by atoms with E-state index in [2.05, 4.69) is 59.5 Å². The van der Waals surface area contributed by atoms with E-state index in [9.17, 15) is 4.79 Å². The van der Waals surface area contributed by atoms with Crippen LogP contribution >= 0.6 is 23.2 Å². The third kappa shape index (κ3) is 9.53. The van der Waals surface area contributed by atoms with Crippen LogP contribution in [-0.2, 0) is 13.1 Å². The number of benzene rings is 2. The summed E-state index contributed by atoms with van der Waals surface area (Å²) in [5.41, 5.74) is 11.3. The Morgan fingerprint density at radius 2 is 1.46 bits per heavy atom. The highest BCUT2D eigenvalue weighted by atomic mass is 35.5. The molecule has 5 aromatic rings. The topological polar surface area (TPSA) is 156 Å². The van der Waals surface area contributed by atoms with Crippen LogP contribution in [0.4, 0.5) is 11.4 Å². The van der Waals surface area contributed by atoms with Crippen molar-refractivity contribution in [3.05, 3.63) is 94.2 Å². The smallest absolute Gasteiger partial charge is 0.257 e. The average Bonchev–Trinajstić information content (AvgIpc) is 3.17. The van der Waals surface area contributed by atoms with Crippen molar-refractivity contribution in [3.8, 4) is 22.6 Å². The first kappa shape index (κ1) is 39.1. The number of pyridine rings is 2. The molecule has 0 aliphatic carbocycles. The van der Waals surface area contributed by atoms with Crippen LogP contribution in [0.3, 0.4) is 0 Å². The van der Waals surface area contributed by atoms with Gasteiger partial charge in [0.05, 0.1) is 70.5 Å². The molecule has 0 unspecified atom stereocenters. The van der Waals surface area contributed by atoms with Crippen LogP contribution in [0, 0.1) is 0 Å². The number of methoxy groups -OCH3 is 2. The number of ether oxygens (including phenoxy) is 2. The Labute approximate surface area is 325 Å². The van der Waals surface area contributed by atoms with Crippen molar-refractivity contribution in [3.63, 3.8) is 0 Å². The second kappa shape index (κ2) is 17.7. The summed E-state index contributed by atoms with van der Waals surface area (Å²) in [4.78, 5) is 36.0. The minimum Gasteiger partial charge on any atom is -0.495 e. The molecule has 54 heavy (non-hydrogen) atoms. The van der Waals surface area contributed by atoms with E-state index in [1.54, 1.807) is 36.8 Å². The van der Waals surface area contributed by atoms with Gasteiger partial charge in [-0.25, -0.2) is 0 Å². The molecule has 0 spiro atoms. The van der Waals surface area contributed by atoms with E-state index < -0.39 is 0 Å². The van der Waals surface area contributed by atoms with E-state index in [1.165, 1.54) is 20.4 Å². The Bertz CT molecular complexity index is 2030. The summed E-state index contributed by atoms with van der Waals surface area (Å²) >= 11 is 13.3. The molecule has 2 aromatic carbocycles. The van der Waals surface area contributed by atoms with Crippen LogP contribution in [-0.4, -0.2) is 101 Å². The maximum Gasteiger partial charge on any atom is 0.257 e. The summed E-state index contributed by atoms with van der Waals surface area (Å²) in [7, 11) is 3.02. The number of halogens is 2. The standard InChI is InChI=1S/C29H30Cl2N6O3.C10H16N4/c1-29(2)16-37(12-11-35-29)15-18-6-5-17(14-34-18)36-28(38)20-8-7-19(26-27(20)33-10-9-32-26)23-24(30)21(39-3)13-22(40-4)25(23)31;11-9-1-2-10(13-7-9)8-14-5-3-12-4-6-14/h5-10,13-14,35H,11-12,15-16H2,1-4H3,(H,36,38);1-2,7,12H,3-6,8,11H2. The van der Waals surface area contributed by atoms with Gasteiger partial charge in [0.15, 0.2) is 0 Å². The molecular weight excluding hydrogens is 727 g/mol. The van der Waals surface area contributed by atoms with Crippen LogP contribution in [0.1, 0.15) is 35.6 Å². The first-order valence-corrected chi connectivity index (χ1v) is 18.5. The Morgan fingerprint density at radius 1 is 0.833 bits per heavy atom. The van der Waals surface area contributed by atoms with Gasteiger partial charge in [0, 0.05) is 94.0 Å². The number of nitrogens with two attached hydrogens (primary N) is 1. The largest absolute Gasteiger partial charge is 0.495 e. The van der Waals surface area contributed by atoms with Crippen molar-refractivity contribution in [2.75, 3.05) is 71.1 Å². The van der Waals surface area contributed by atoms with Gasteiger partial charge in [0.1, 0.15) is 17.0 Å². The molecule has 13 nitrogen and oxygen atoms in total. The van der Waals surface area contributed by atoms with Crippen molar-refractivity contribution < 1.29 is 14.3 Å². The lowest BCUT2D eigenvalue weighted by Crippen LogP contribution is -2.56. The van der Waals surface area contributed by atoms with Gasteiger partial charge in [-0.15, -0.1) is 0 Å². The number of nitrogens with zero attached hydrogens (tertiary/aromatic N) is 6. The molecule has 2 aliphatic heterocycles. The highest BCUT2D eigenvalue weighted by Crippen LogP contribution is 2.47. The molecule has 15 heteroatoms. The number of carbonyl (C=O) groups excluding carboxylic acids is 1. The number of carbonyl (C=O) groups is 1. The molecule has 284 valence electrons. The van der Waals surface area contributed by atoms with Crippen LogP contribution in [0.5, 0.6) is 11.5 Å². The molecule has 5 heterocycles. The third-order valence-corrected chi connectivity index (χ3v) is 10.0. The summed E-state index contributed by atoms with van der Waals surface area (Å²) < 4.78 is 10.8. The summed E-state index contributed by atoms with van der Waals surface area (Å²) in [6, 6.07) is 12.7. The number of nitrogens with one attached hydrogen (secondary N) is 3. The zero-order valence-corrected chi connectivity index (χ0v) is 32.5. The van der Waals surface area contributed by atoms with Crippen molar-refractivity contribution in [1.29, 1.82) is 0 Å². The molecule has 0 atom stereocenters. The van der Waals surface area contributed by atoms with E-state index in [0.717, 1.165) is 76.0 Å². The lowest BCUT2D eigenvalue weighted by atomic mass is 9.99. The zero-order valence-electron chi connectivity index (χ0n) is 31.0. The Balaban J connectivity index is 0.000000297. The number of rotatable bonds is 9. The van der Waals surface area contributed by atoms with Crippen LogP contribution < -0.4 is 31.2 Å². The maximum atomic E-state index is 13.4. The summed E-state index contributed by atoms with van der Waals surface area (Å²) in [5, 5.41) is 10.4. The molecule has 0 bridgehead atoms. The molecule has 0 radical (unpaired) electrons. The summed E-state index contributed by atoms with van der Waals surface area (Å²) in [5.74, 6) is 0.456. The SMILES string of the molecule is COc1cc(OC)c(Cl)c(-c2ccc(C(=O)Nc3ccc(CN4CCNC(C)(C)C4)nc3)c3nccnc23)c1Cl.Nc1ccc(CN2CCNCC2)nc1. The fraction of sp³-hybridized carbons (Fsp3) is 0.359. The summed E-state index contributed by atoms with van der Waals surface area (Å²) in [6.07, 6.45) is 6.48. The molecule has 2 fully saturated rings. The lowest BCUT2D eigenvalue weighted by Gasteiger charge is -2.38. The number of amides is 1. The second-order valence-electron chi connectivity index (χ2n) is 13.8. The molecule has 2 aliphatic rings. The number of hydrogen-bond acceptors (Lipinski definition) is 12. The van der Waals surface area contributed by atoms with E-state index in [-0.39, 0.29) is 11.4 Å². The molecule has 0 saturated carbocycles. The number of hydrogen-bond donors (Lipinski definition) is 4. The van der Waals surface area contributed by atoms with E-state index in [0.29, 0.717) is 55.0 Å². The Hall–Kier alpha value is -4.63. The van der Waals surface area contributed by atoms with Crippen LogP contribution in [0.25, 0.3) is 22.2 Å². The van der Waals surface area contributed by atoms with E-state index in [4.69, 9.17) is 38.4 Å². The summed E-state index contributed by atoms with van der Waals surface area (Å²) in [6.45, 7) is 13.3. The van der Waals surface area contributed by atoms with Gasteiger partial charge in [0.2, 0.25) is 0 Å². The normalized spacial score (nSPS) is 16.0. The van der Waals surface area contributed by atoms with E-state index >= 15 is 0 Å². The van der Waals surface area contributed by atoms with Gasteiger partial charge in [-0.05, 0) is 44.2 Å². The molecule has 7 rings (SSSR count). The number of nitrogen functional groups attached to an aromatic ring is 1. The number of anilines is 2. The zero-order chi connectivity index (χ0) is 38.2. The van der Waals surface area contributed by atoms with Crippen LogP contribution in [0.15, 0.2) is 67.3 Å². The number of fused-ring (bicyclic) bond motifs is 1. The Kier molecular flexibility index (Phi) is 12.8. The number of aromatic nitrogens is 4. The first-order valence-electron chi connectivity index (χ1n) is 17.8. The van der Waals surface area contributed by atoms with Gasteiger partial charge < -0.3 is 31.2 Å². The van der Waals surface area contributed by atoms with Gasteiger partial charge in [0.25, 0.3) is 5.91 Å². The minimum atomic E-state index is -0.337. The number of piperazine rings is 2. The van der Waals surface area contributed by atoms with Crippen molar-refractivity contribution >= 4 is 51.5 Å². The minimum absolute atomic E-state index is 0.0721. The maximum absolute atomic E-state index is 13.4. The third-order valence-electron chi connectivity index (χ3n) is 9.27. The molecule has 5 N–H and O–H groups in total. The molecule has 1 amide bonds. The molecular formula is C39H46Cl2N10O3. The quantitative estimate of drug-likeness (QED) is 0.149. The molecule has 2 saturated heterocycles. The van der Waals surface area contributed by atoms with Crippen LogP contribution in [0.2, 0.25) is 10.0 Å². The highest BCUT2D eigenvalue weighted by molar-refractivity contribution is 6.41. The van der Waals surface area contributed by atoms with E-state index in [1.807, 2.05) is 24.3 Å². The van der Waals surface area contributed by atoms with Crippen molar-refractivity contribution in [1.82, 2.24) is 40.4 Å². The highest BCUT2D eigenvalue weighted by Gasteiger charge is 2.26. The van der Waals surface area contributed by atoms with Gasteiger partial charge in [-0.1, -0.05) is 29.3 Å². The first-order chi connectivity index (χ1) is 26.0. The average molecular weight is 774 g/mol. The predicted octanol–water partition coefficient (Wildman–Crippen LogP) is 5.52. The van der Waals surface area contributed by atoms with Gasteiger partial charge >= 0.3 is 0 Å². The van der Waals surface area contributed by atoms with Gasteiger partial charge in [-0.2, -0.15) is 0 Å². The van der Waals surface area contributed by atoms with Crippen molar-refractivity contribution in [2.24, 2.45) is 0 Å². The van der Waals surface area contributed by atoms with Crippen molar-refractivity contribution in [2.45, 2.75) is 32.5 Å². The van der Waals surface area contributed by atoms with Gasteiger partial charge in [-0.3, -0.25) is 34.5 Å². The molecule has 3 aromatic heterocycles. The second-order valence-corrected chi connectivity index (χ2v) is 14.6. The Morgan fingerprint density at radius 3 is 2.07 bits per heavy atom.